The fourth-order valence-electron chi connectivity index (χ4n) is 5.15. The summed E-state index contributed by atoms with van der Waals surface area (Å²) in [7, 11) is 0.151. The van der Waals surface area contributed by atoms with Crippen LogP contribution in [0.1, 0.15) is 31.4 Å². The molecule has 9 nitrogen and oxygen atoms in total. The number of anilines is 2. The maximum absolute atomic E-state index is 13.6. The Morgan fingerprint density at radius 1 is 1.12 bits per heavy atom. The first-order chi connectivity index (χ1) is 19.9. The van der Waals surface area contributed by atoms with Crippen LogP contribution in [0.4, 0.5) is 24.5 Å². The Bertz CT molecular complexity index is 1630. The predicted octanol–water partition coefficient (Wildman–Crippen LogP) is 4.50. The molecule has 0 spiro atoms. The number of benzene rings is 2. The number of nitriles is 1. The van der Waals surface area contributed by atoms with Crippen molar-refractivity contribution in [3.8, 4) is 23.7 Å². The first kappa shape index (κ1) is 31.0. The zero-order chi connectivity index (χ0) is 30.5. The van der Waals surface area contributed by atoms with E-state index >= 15 is 0 Å². The fourth-order valence-corrected chi connectivity index (χ4v) is 5.68. The SMILES string of the molecule is CN(C)[C@H]1CC[C@H](Nc2cccc3c2cc(C#CCNc2ccc(S(N)(=O)=O)cc2OCC#N)n3CC(F)(F)F)CC1. The summed E-state index contributed by atoms with van der Waals surface area (Å²) in [4.78, 5) is 2.03. The number of alkyl halides is 3. The minimum Gasteiger partial charge on any atom is -0.477 e. The van der Waals surface area contributed by atoms with Gasteiger partial charge in [-0.25, -0.2) is 13.6 Å². The summed E-state index contributed by atoms with van der Waals surface area (Å²) in [5.41, 5.74) is 1.76. The average molecular weight is 603 g/mol. The van der Waals surface area contributed by atoms with Gasteiger partial charge < -0.3 is 24.8 Å². The van der Waals surface area contributed by atoms with Gasteiger partial charge in [-0.3, -0.25) is 0 Å². The summed E-state index contributed by atoms with van der Waals surface area (Å²) in [6, 6.07) is 13.4. The monoisotopic (exact) mass is 602 g/mol. The number of primary sulfonamides is 1. The summed E-state index contributed by atoms with van der Waals surface area (Å²) in [6.45, 7) is -1.52. The largest absolute Gasteiger partial charge is 0.477 e. The number of fused-ring (bicyclic) bond motifs is 1. The van der Waals surface area contributed by atoms with Crippen molar-refractivity contribution in [1.29, 1.82) is 5.26 Å². The Hall–Kier alpha value is -3.91. The van der Waals surface area contributed by atoms with E-state index in [4.69, 9.17) is 15.1 Å². The molecule has 1 aromatic heterocycles. The molecule has 4 N–H and O–H groups in total. The number of hydrogen-bond donors (Lipinski definition) is 3. The first-order valence-corrected chi connectivity index (χ1v) is 14.9. The van der Waals surface area contributed by atoms with Gasteiger partial charge in [-0.05, 0) is 76.0 Å². The van der Waals surface area contributed by atoms with Gasteiger partial charge in [0.2, 0.25) is 10.0 Å². The van der Waals surface area contributed by atoms with Crippen LogP contribution in [0.5, 0.6) is 5.75 Å². The lowest BCUT2D eigenvalue weighted by Gasteiger charge is -2.33. The van der Waals surface area contributed by atoms with Gasteiger partial charge in [0.15, 0.2) is 6.61 Å². The van der Waals surface area contributed by atoms with E-state index in [1.54, 1.807) is 24.3 Å². The van der Waals surface area contributed by atoms with Crippen LogP contribution >= 0.6 is 0 Å². The van der Waals surface area contributed by atoms with Gasteiger partial charge in [-0.15, -0.1) is 0 Å². The molecule has 42 heavy (non-hydrogen) atoms. The third kappa shape index (κ3) is 7.88. The van der Waals surface area contributed by atoms with E-state index in [1.165, 1.54) is 22.8 Å². The number of nitrogens with two attached hydrogens (primary N) is 1. The third-order valence-corrected chi connectivity index (χ3v) is 8.14. The lowest BCUT2D eigenvalue weighted by molar-refractivity contribution is -0.140. The Morgan fingerprint density at radius 2 is 1.86 bits per heavy atom. The maximum atomic E-state index is 13.6. The summed E-state index contributed by atoms with van der Waals surface area (Å²) < 4.78 is 70.6. The molecule has 1 aliphatic carbocycles. The Balaban J connectivity index is 1.58. The van der Waals surface area contributed by atoms with Gasteiger partial charge in [-0.1, -0.05) is 12.0 Å². The van der Waals surface area contributed by atoms with Crippen molar-refractivity contribution in [2.75, 3.05) is 37.9 Å². The smallest absolute Gasteiger partial charge is 0.406 e. The van der Waals surface area contributed by atoms with Crippen LogP contribution in [0.25, 0.3) is 10.9 Å². The lowest BCUT2D eigenvalue weighted by Crippen LogP contribution is -2.36. The fraction of sp³-hybridized carbons (Fsp3) is 0.414. The molecule has 0 bridgehead atoms. The molecule has 4 rings (SSSR count). The van der Waals surface area contributed by atoms with E-state index in [-0.39, 0.29) is 35.5 Å². The van der Waals surface area contributed by atoms with Gasteiger partial charge in [0.05, 0.1) is 28.3 Å². The van der Waals surface area contributed by atoms with Gasteiger partial charge in [0, 0.05) is 29.2 Å². The lowest BCUT2D eigenvalue weighted by atomic mass is 9.90. The van der Waals surface area contributed by atoms with Crippen molar-refractivity contribution in [3.63, 3.8) is 0 Å². The number of rotatable bonds is 9. The van der Waals surface area contributed by atoms with Crippen LogP contribution in [0.3, 0.4) is 0 Å². The summed E-state index contributed by atoms with van der Waals surface area (Å²) in [5, 5.41) is 21.2. The van der Waals surface area contributed by atoms with Crippen molar-refractivity contribution in [2.45, 2.75) is 55.4 Å². The van der Waals surface area contributed by atoms with E-state index in [2.05, 4.69) is 41.5 Å². The predicted molar refractivity (Wildman–Crippen MR) is 156 cm³/mol. The molecule has 0 amide bonds. The molecule has 224 valence electrons. The zero-order valence-electron chi connectivity index (χ0n) is 23.3. The number of nitrogens with zero attached hydrogens (tertiary/aromatic N) is 3. The van der Waals surface area contributed by atoms with E-state index in [1.807, 2.05) is 6.07 Å². The minimum atomic E-state index is -4.45. The van der Waals surface area contributed by atoms with Gasteiger partial charge in [0.1, 0.15) is 18.4 Å². The number of halogens is 3. The van der Waals surface area contributed by atoms with Gasteiger partial charge in [0.25, 0.3) is 0 Å². The number of sulfonamides is 1. The highest BCUT2D eigenvalue weighted by molar-refractivity contribution is 7.89. The Morgan fingerprint density at radius 3 is 2.50 bits per heavy atom. The molecule has 1 aliphatic rings. The van der Waals surface area contributed by atoms with Crippen LogP contribution in [-0.4, -0.2) is 63.4 Å². The summed E-state index contributed by atoms with van der Waals surface area (Å²) in [6.07, 6.45) is -0.411. The molecule has 1 fully saturated rings. The second kappa shape index (κ2) is 12.9. The molecular weight excluding hydrogens is 569 g/mol. The highest BCUT2D eigenvalue weighted by Gasteiger charge is 2.30. The minimum absolute atomic E-state index is 0.00536. The molecular formula is C29H33F3N6O3S. The quantitative estimate of drug-likeness (QED) is 0.308. The topological polar surface area (TPSA) is 125 Å². The highest BCUT2D eigenvalue weighted by Crippen LogP contribution is 2.33. The Kier molecular flexibility index (Phi) is 9.57. The van der Waals surface area contributed by atoms with Crippen LogP contribution in [0.15, 0.2) is 47.4 Å². The van der Waals surface area contributed by atoms with Crippen LogP contribution in [0, 0.1) is 23.2 Å². The van der Waals surface area contributed by atoms with E-state index < -0.39 is 22.7 Å². The van der Waals surface area contributed by atoms with E-state index in [0.717, 1.165) is 31.4 Å². The molecule has 2 aromatic carbocycles. The van der Waals surface area contributed by atoms with Crippen molar-refractivity contribution in [2.24, 2.45) is 5.14 Å². The molecule has 0 atom stereocenters. The number of aromatic nitrogens is 1. The molecule has 0 unspecified atom stereocenters. The van der Waals surface area contributed by atoms with Gasteiger partial charge >= 0.3 is 6.18 Å². The highest BCUT2D eigenvalue weighted by atomic mass is 32.2. The molecule has 0 saturated heterocycles. The van der Waals surface area contributed by atoms with E-state index in [9.17, 15) is 21.6 Å². The standard InChI is InChI=1S/C29H33F3N6O3S/c1-37(2)21-10-8-20(9-11-21)36-25-6-3-7-27-24(25)17-22(38(27)19-29(30,31)32)5-4-15-35-26-13-12-23(42(34,39)40)18-28(26)41-16-14-33/h3,6-7,12-13,17-18,20-21,35-36H,8-11,15-16,19H2,1-2H3,(H2,34,39,40)/t20-,21-. The Labute approximate surface area is 243 Å². The van der Waals surface area contributed by atoms with Crippen molar-refractivity contribution in [3.05, 3.63) is 48.2 Å². The van der Waals surface area contributed by atoms with Crippen LogP contribution in [0.2, 0.25) is 0 Å². The molecule has 1 saturated carbocycles. The van der Waals surface area contributed by atoms with Gasteiger partial charge in [-0.2, -0.15) is 18.4 Å². The average Bonchev–Trinajstić information content (AvgIpc) is 3.26. The normalized spacial score (nSPS) is 17.4. The second-order valence-corrected chi connectivity index (χ2v) is 11.9. The van der Waals surface area contributed by atoms with E-state index in [0.29, 0.717) is 22.6 Å². The molecule has 3 aromatic rings. The summed E-state index contributed by atoms with van der Waals surface area (Å²) in [5.74, 6) is 5.77. The van der Waals surface area contributed by atoms with Crippen LogP contribution < -0.4 is 20.5 Å². The number of nitrogens with one attached hydrogen (secondary N) is 2. The molecule has 0 aliphatic heterocycles. The third-order valence-electron chi connectivity index (χ3n) is 7.23. The molecule has 1 heterocycles. The van der Waals surface area contributed by atoms with Crippen molar-refractivity contribution >= 4 is 32.3 Å². The van der Waals surface area contributed by atoms with Crippen molar-refractivity contribution < 1.29 is 26.3 Å². The summed E-state index contributed by atoms with van der Waals surface area (Å²) >= 11 is 0. The molecule has 13 heteroatoms. The zero-order valence-corrected chi connectivity index (χ0v) is 24.1. The molecule has 0 radical (unpaired) electrons. The number of hydrogen-bond acceptors (Lipinski definition) is 7. The van der Waals surface area contributed by atoms with Crippen LogP contribution in [-0.2, 0) is 16.6 Å². The maximum Gasteiger partial charge on any atom is 0.406 e. The number of ether oxygens (including phenoxy) is 1. The van der Waals surface area contributed by atoms with Crippen molar-refractivity contribution in [1.82, 2.24) is 9.47 Å². The second-order valence-electron chi connectivity index (χ2n) is 10.4. The first-order valence-electron chi connectivity index (χ1n) is 13.4.